The maximum atomic E-state index is 12.1. The Morgan fingerprint density at radius 3 is 2.46 bits per heavy atom. The molecule has 0 aromatic heterocycles. The molecule has 0 fully saturated rings. The lowest BCUT2D eigenvalue weighted by atomic mass is 10.2. The zero-order valence-electron chi connectivity index (χ0n) is 14.9. The number of nitrogens with zero attached hydrogens (tertiary/aromatic N) is 2. The number of rotatable bonds is 9. The second kappa shape index (κ2) is 10.1. The van der Waals surface area contributed by atoms with Crippen molar-refractivity contribution in [3.05, 3.63) is 29.8 Å². The van der Waals surface area contributed by atoms with Gasteiger partial charge in [-0.2, -0.15) is 0 Å². The van der Waals surface area contributed by atoms with Gasteiger partial charge in [0.15, 0.2) is 5.96 Å². The van der Waals surface area contributed by atoms with Crippen LogP contribution >= 0.6 is 0 Å². The van der Waals surface area contributed by atoms with Crippen molar-refractivity contribution in [3.8, 4) is 5.75 Å². The van der Waals surface area contributed by atoms with Crippen molar-refractivity contribution in [2.24, 2.45) is 4.99 Å². The van der Waals surface area contributed by atoms with E-state index in [-0.39, 0.29) is 5.75 Å². The van der Waals surface area contributed by atoms with E-state index in [1.54, 1.807) is 14.2 Å². The highest BCUT2D eigenvalue weighted by Gasteiger charge is 2.18. The first kappa shape index (κ1) is 20.2. The third-order valence-corrected chi connectivity index (χ3v) is 5.64. The molecule has 1 rings (SSSR count). The van der Waals surface area contributed by atoms with Gasteiger partial charge in [-0.1, -0.05) is 32.0 Å². The minimum absolute atomic E-state index is 0.0318. The minimum atomic E-state index is -3.24. The fraction of sp³-hybridized carbons (Fsp3) is 0.562. The van der Waals surface area contributed by atoms with Crippen LogP contribution < -0.4 is 15.4 Å². The van der Waals surface area contributed by atoms with Crippen LogP contribution in [0.3, 0.4) is 0 Å². The van der Waals surface area contributed by atoms with Crippen molar-refractivity contribution in [3.63, 3.8) is 0 Å². The smallest absolute Gasteiger partial charge is 0.215 e. The number of aliphatic imine (C=N–C) groups is 1. The summed E-state index contributed by atoms with van der Waals surface area (Å²) in [7, 11) is 0.0421. The molecule has 0 heterocycles. The number of sulfonamides is 1. The molecule has 0 aliphatic carbocycles. The largest absolute Gasteiger partial charge is 0.496 e. The topological polar surface area (TPSA) is 83.0 Å². The molecule has 2 N–H and O–H groups in total. The fourth-order valence-corrected chi connectivity index (χ4v) is 3.70. The molecule has 1 aromatic carbocycles. The number of methoxy groups -OCH3 is 1. The summed E-state index contributed by atoms with van der Waals surface area (Å²) < 4.78 is 31.0. The van der Waals surface area contributed by atoms with E-state index >= 15 is 0 Å². The Labute approximate surface area is 145 Å². The molecular formula is C16H28N4O3S. The lowest BCUT2D eigenvalue weighted by molar-refractivity contribution is 0.409. The van der Waals surface area contributed by atoms with Crippen LogP contribution in [0.5, 0.6) is 5.75 Å². The Kier molecular flexibility index (Phi) is 8.56. The van der Waals surface area contributed by atoms with Crippen LogP contribution in [0.1, 0.15) is 19.4 Å². The molecule has 0 amide bonds. The average molecular weight is 356 g/mol. The van der Waals surface area contributed by atoms with E-state index in [2.05, 4.69) is 15.6 Å². The monoisotopic (exact) mass is 356 g/mol. The maximum Gasteiger partial charge on any atom is 0.215 e. The molecule has 136 valence electrons. The molecule has 24 heavy (non-hydrogen) atoms. The van der Waals surface area contributed by atoms with Gasteiger partial charge in [-0.05, 0) is 6.07 Å². The SMILES string of the molecule is CCN(CC)S(=O)(=O)CCNC(=NC)NCc1ccccc1OC. The zero-order chi connectivity index (χ0) is 18.0. The van der Waals surface area contributed by atoms with Crippen LogP contribution in [0.15, 0.2) is 29.3 Å². The first-order valence-corrected chi connectivity index (χ1v) is 9.63. The summed E-state index contributed by atoms with van der Waals surface area (Å²) in [4.78, 5) is 4.11. The van der Waals surface area contributed by atoms with E-state index in [4.69, 9.17) is 4.74 Å². The van der Waals surface area contributed by atoms with Crippen LogP contribution in [0.2, 0.25) is 0 Å². The molecule has 0 radical (unpaired) electrons. The summed E-state index contributed by atoms with van der Waals surface area (Å²) in [5.74, 6) is 1.38. The predicted octanol–water partition coefficient (Wildman–Crippen LogP) is 1.03. The lowest BCUT2D eigenvalue weighted by Gasteiger charge is -2.19. The van der Waals surface area contributed by atoms with E-state index in [9.17, 15) is 8.42 Å². The summed E-state index contributed by atoms with van der Waals surface area (Å²) in [5, 5.41) is 6.18. The highest BCUT2D eigenvalue weighted by atomic mass is 32.2. The molecule has 7 nitrogen and oxygen atoms in total. The highest BCUT2D eigenvalue weighted by molar-refractivity contribution is 7.89. The number of para-hydroxylation sites is 1. The number of nitrogens with one attached hydrogen (secondary N) is 2. The van der Waals surface area contributed by atoms with Gasteiger partial charge in [0.1, 0.15) is 5.75 Å². The summed E-state index contributed by atoms with van der Waals surface area (Å²) in [6, 6.07) is 7.70. The predicted molar refractivity (Wildman–Crippen MR) is 97.9 cm³/mol. The Hall–Kier alpha value is -1.80. The quantitative estimate of drug-likeness (QED) is 0.510. The molecular weight excluding hydrogens is 328 g/mol. The van der Waals surface area contributed by atoms with Crippen molar-refractivity contribution in [1.82, 2.24) is 14.9 Å². The summed E-state index contributed by atoms with van der Waals surface area (Å²) in [6.45, 7) is 5.47. The van der Waals surface area contributed by atoms with Gasteiger partial charge in [-0.3, -0.25) is 4.99 Å². The van der Waals surface area contributed by atoms with E-state index in [0.29, 0.717) is 32.1 Å². The molecule has 0 bridgehead atoms. The number of hydrogen-bond acceptors (Lipinski definition) is 4. The van der Waals surface area contributed by atoms with Gasteiger partial charge in [-0.15, -0.1) is 0 Å². The van der Waals surface area contributed by atoms with Crippen molar-refractivity contribution in [1.29, 1.82) is 0 Å². The number of hydrogen-bond donors (Lipinski definition) is 2. The Morgan fingerprint density at radius 2 is 1.88 bits per heavy atom. The zero-order valence-corrected chi connectivity index (χ0v) is 15.7. The third kappa shape index (κ3) is 6.01. The lowest BCUT2D eigenvalue weighted by Crippen LogP contribution is -2.41. The van der Waals surface area contributed by atoms with Crippen LogP contribution in [0.4, 0.5) is 0 Å². The van der Waals surface area contributed by atoms with Crippen LogP contribution in [-0.4, -0.2) is 58.2 Å². The molecule has 8 heteroatoms. The fourth-order valence-electron chi connectivity index (χ4n) is 2.29. The van der Waals surface area contributed by atoms with Crippen LogP contribution in [-0.2, 0) is 16.6 Å². The molecule has 0 spiro atoms. The van der Waals surface area contributed by atoms with Crippen LogP contribution in [0, 0.1) is 0 Å². The summed E-state index contributed by atoms with van der Waals surface area (Å²) in [5.41, 5.74) is 0.999. The van der Waals surface area contributed by atoms with Gasteiger partial charge in [0, 0.05) is 38.8 Å². The van der Waals surface area contributed by atoms with E-state index < -0.39 is 10.0 Å². The summed E-state index contributed by atoms with van der Waals surface area (Å²) in [6.07, 6.45) is 0. The van der Waals surface area contributed by atoms with E-state index in [0.717, 1.165) is 11.3 Å². The third-order valence-electron chi connectivity index (χ3n) is 3.61. The standard InChI is InChI=1S/C16H28N4O3S/c1-5-20(6-2)24(21,22)12-11-18-16(17-3)19-13-14-9-7-8-10-15(14)23-4/h7-10H,5-6,11-13H2,1-4H3,(H2,17,18,19). The van der Waals surface area contributed by atoms with Gasteiger partial charge in [-0.25, -0.2) is 12.7 Å². The molecule has 0 atom stereocenters. The molecule has 0 aliphatic rings. The average Bonchev–Trinajstić information content (AvgIpc) is 2.58. The number of ether oxygens (including phenoxy) is 1. The van der Waals surface area contributed by atoms with Gasteiger partial charge >= 0.3 is 0 Å². The molecule has 1 aromatic rings. The first-order valence-electron chi connectivity index (χ1n) is 8.02. The number of benzene rings is 1. The van der Waals surface area contributed by atoms with E-state index in [1.807, 2.05) is 38.1 Å². The van der Waals surface area contributed by atoms with Crippen molar-refractivity contribution in [2.45, 2.75) is 20.4 Å². The normalized spacial score (nSPS) is 12.3. The summed E-state index contributed by atoms with van der Waals surface area (Å²) >= 11 is 0. The Balaban J connectivity index is 2.52. The van der Waals surface area contributed by atoms with Gasteiger partial charge in [0.2, 0.25) is 10.0 Å². The molecule has 0 unspecified atom stereocenters. The van der Waals surface area contributed by atoms with Gasteiger partial charge < -0.3 is 15.4 Å². The number of guanidine groups is 1. The highest BCUT2D eigenvalue weighted by Crippen LogP contribution is 2.16. The molecule has 0 aliphatic heterocycles. The van der Waals surface area contributed by atoms with Gasteiger partial charge in [0.25, 0.3) is 0 Å². The van der Waals surface area contributed by atoms with Crippen LogP contribution in [0.25, 0.3) is 0 Å². The Morgan fingerprint density at radius 1 is 1.21 bits per heavy atom. The van der Waals surface area contributed by atoms with Crippen molar-refractivity contribution >= 4 is 16.0 Å². The van der Waals surface area contributed by atoms with Crippen molar-refractivity contribution < 1.29 is 13.2 Å². The van der Waals surface area contributed by atoms with Crippen molar-refractivity contribution in [2.75, 3.05) is 39.5 Å². The van der Waals surface area contributed by atoms with Gasteiger partial charge in [0.05, 0.1) is 12.9 Å². The first-order chi connectivity index (χ1) is 11.5. The second-order valence-electron chi connectivity index (χ2n) is 5.06. The van der Waals surface area contributed by atoms with E-state index in [1.165, 1.54) is 4.31 Å². The molecule has 0 saturated heterocycles. The molecule has 0 saturated carbocycles. The second-order valence-corrected chi connectivity index (χ2v) is 7.15. The Bertz CT molecular complexity index is 628. The minimum Gasteiger partial charge on any atom is -0.496 e. The maximum absolute atomic E-state index is 12.1.